The standard InChI is InChI=1S/C15H23N7.2ClH/c1-10-18-4-6-22(10)5-2-3-19-14-9-13(20-15(17)21-14)11-7-12(16)8-11;;/h4,6,9,11-12H,2-3,5,7-8,16H2,1H3,(H3,17,19,20,21);2*1H. The van der Waals surface area contributed by atoms with E-state index in [0.29, 0.717) is 17.9 Å². The lowest BCUT2D eigenvalue weighted by molar-refractivity contribution is 0.345. The molecule has 2 aromatic rings. The third-order valence-electron chi connectivity index (χ3n) is 4.16. The Kier molecular flexibility index (Phi) is 7.72. The number of rotatable bonds is 6. The Morgan fingerprint density at radius 2 is 2.04 bits per heavy atom. The highest BCUT2D eigenvalue weighted by molar-refractivity contribution is 5.85. The van der Waals surface area contributed by atoms with E-state index in [4.69, 9.17) is 11.5 Å². The molecular weight excluding hydrogens is 349 g/mol. The highest BCUT2D eigenvalue weighted by Gasteiger charge is 2.29. The minimum absolute atomic E-state index is 0. The second kappa shape index (κ2) is 9.05. The number of aromatic nitrogens is 4. The molecule has 5 N–H and O–H groups in total. The molecule has 24 heavy (non-hydrogen) atoms. The lowest BCUT2D eigenvalue weighted by Crippen LogP contribution is -2.35. The van der Waals surface area contributed by atoms with Gasteiger partial charge in [0.2, 0.25) is 5.95 Å². The van der Waals surface area contributed by atoms with Crippen molar-refractivity contribution in [1.82, 2.24) is 19.5 Å². The molecule has 134 valence electrons. The first kappa shape index (κ1) is 20.5. The maximum absolute atomic E-state index is 5.84. The van der Waals surface area contributed by atoms with Crippen molar-refractivity contribution in [3.8, 4) is 0 Å². The zero-order valence-electron chi connectivity index (χ0n) is 13.7. The number of nitrogens with zero attached hydrogens (tertiary/aromatic N) is 4. The lowest BCUT2D eigenvalue weighted by Gasteiger charge is -2.32. The largest absolute Gasteiger partial charge is 0.370 e. The summed E-state index contributed by atoms with van der Waals surface area (Å²) in [4.78, 5) is 12.8. The molecule has 1 fully saturated rings. The van der Waals surface area contributed by atoms with Gasteiger partial charge in [0.25, 0.3) is 0 Å². The fraction of sp³-hybridized carbons (Fsp3) is 0.533. The van der Waals surface area contributed by atoms with Crippen molar-refractivity contribution in [3.05, 3.63) is 30.0 Å². The summed E-state index contributed by atoms with van der Waals surface area (Å²) in [6.07, 6.45) is 6.77. The first-order valence-corrected chi connectivity index (χ1v) is 7.73. The van der Waals surface area contributed by atoms with E-state index in [9.17, 15) is 0 Å². The summed E-state index contributed by atoms with van der Waals surface area (Å²) in [5.41, 5.74) is 12.6. The fourth-order valence-corrected chi connectivity index (χ4v) is 2.79. The predicted molar refractivity (Wildman–Crippen MR) is 101 cm³/mol. The van der Waals surface area contributed by atoms with Crippen LogP contribution in [-0.2, 0) is 6.54 Å². The van der Waals surface area contributed by atoms with E-state index >= 15 is 0 Å². The van der Waals surface area contributed by atoms with E-state index in [1.54, 1.807) is 0 Å². The fourth-order valence-electron chi connectivity index (χ4n) is 2.79. The molecule has 7 nitrogen and oxygen atoms in total. The second-order valence-electron chi connectivity index (χ2n) is 5.91. The van der Waals surface area contributed by atoms with Crippen LogP contribution in [0.4, 0.5) is 11.8 Å². The van der Waals surface area contributed by atoms with E-state index in [1.807, 2.05) is 25.4 Å². The van der Waals surface area contributed by atoms with E-state index in [1.165, 1.54) is 0 Å². The number of imidazole rings is 1. The van der Waals surface area contributed by atoms with Gasteiger partial charge in [0.15, 0.2) is 0 Å². The molecule has 9 heteroatoms. The summed E-state index contributed by atoms with van der Waals surface area (Å²) in [5, 5.41) is 3.33. The molecule has 0 unspecified atom stereocenters. The highest BCUT2D eigenvalue weighted by atomic mass is 35.5. The molecule has 1 aliphatic carbocycles. The van der Waals surface area contributed by atoms with Gasteiger partial charge < -0.3 is 21.4 Å². The smallest absolute Gasteiger partial charge is 0.222 e. The van der Waals surface area contributed by atoms with Crippen molar-refractivity contribution in [2.45, 2.75) is 44.7 Å². The molecule has 0 aliphatic heterocycles. The van der Waals surface area contributed by atoms with E-state index in [0.717, 1.165) is 49.7 Å². The van der Waals surface area contributed by atoms with Gasteiger partial charge in [-0.15, -0.1) is 24.8 Å². The Morgan fingerprint density at radius 3 is 2.67 bits per heavy atom. The number of hydrogen-bond acceptors (Lipinski definition) is 6. The average molecular weight is 374 g/mol. The van der Waals surface area contributed by atoms with Crippen LogP contribution in [0, 0.1) is 6.92 Å². The van der Waals surface area contributed by atoms with Crippen LogP contribution < -0.4 is 16.8 Å². The molecule has 2 heterocycles. The van der Waals surface area contributed by atoms with Crippen LogP contribution in [0.2, 0.25) is 0 Å². The molecule has 0 saturated heterocycles. The van der Waals surface area contributed by atoms with Crippen LogP contribution in [0.3, 0.4) is 0 Å². The van der Waals surface area contributed by atoms with Crippen LogP contribution in [0.25, 0.3) is 0 Å². The Morgan fingerprint density at radius 1 is 1.29 bits per heavy atom. The lowest BCUT2D eigenvalue weighted by atomic mass is 9.78. The van der Waals surface area contributed by atoms with Crippen LogP contribution in [0.5, 0.6) is 0 Å². The van der Waals surface area contributed by atoms with Crippen LogP contribution in [-0.4, -0.2) is 32.1 Å². The molecule has 0 bridgehead atoms. The van der Waals surface area contributed by atoms with Gasteiger partial charge in [-0.1, -0.05) is 0 Å². The van der Waals surface area contributed by atoms with E-state index < -0.39 is 0 Å². The van der Waals surface area contributed by atoms with Gasteiger partial charge in [-0.05, 0) is 26.2 Å². The average Bonchev–Trinajstić information content (AvgIpc) is 2.85. The summed E-state index contributed by atoms with van der Waals surface area (Å²) < 4.78 is 2.14. The number of anilines is 2. The van der Waals surface area contributed by atoms with Gasteiger partial charge >= 0.3 is 0 Å². The molecule has 0 aromatic carbocycles. The summed E-state index contributed by atoms with van der Waals surface area (Å²) in [6.45, 7) is 3.77. The Bertz CT molecular complexity index is 641. The van der Waals surface area contributed by atoms with Crippen molar-refractivity contribution in [1.29, 1.82) is 0 Å². The predicted octanol–water partition coefficient (Wildman–Crippen LogP) is 2.11. The SMILES string of the molecule is Cc1nccn1CCCNc1cc(C2CC(N)C2)nc(N)n1.Cl.Cl. The number of halogens is 2. The zero-order valence-corrected chi connectivity index (χ0v) is 15.3. The van der Waals surface area contributed by atoms with Crippen LogP contribution in [0.15, 0.2) is 18.5 Å². The van der Waals surface area contributed by atoms with E-state index in [-0.39, 0.29) is 24.8 Å². The molecular formula is C15H25Cl2N7. The number of hydrogen-bond donors (Lipinski definition) is 3. The third-order valence-corrected chi connectivity index (χ3v) is 4.16. The number of nitrogen functional groups attached to an aromatic ring is 1. The van der Waals surface area contributed by atoms with Crippen molar-refractivity contribution in [2.75, 3.05) is 17.6 Å². The number of nitrogens with two attached hydrogens (primary N) is 2. The van der Waals surface area contributed by atoms with Crippen molar-refractivity contribution >= 4 is 36.6 Å². The van der Waals surface area contributed by atoms with Gasteiger partial charge in [-0.3, -0.25) is 0 Å². The van der Waals surface area contributed by atoms with Gasteiger partial charge in [0.1, 0.15) is 11.6 Å². The Hall–Kier alpha value is -1.57. The minimum Gasteiger partial charge on any atom is -0.370 e. The minimum atomic E-state index is 0. The van der Waals surface area contributed by atoms with Crippen LogP contribution in [0.1, 0.15) is 36.7 Å². The maximum Gasteiger partial charge on any atom is 0.222 e. The van der Waals surface area contributed by atoms with Gasteiger partial charge in [0, 0.05) is 43.5 Å². The summed E-state index contributed by atoms with van der Waals surface area (Å²) in [6, 6.07) is 2.30. The van der Waals surface area contributed by atoms with Crippen molar-refractivity contribution < 1.29 is 0 Å². The second-order valence-corrected chi connectivity index (χ2v) is 5.91. The third kappa shape index (κ3) is 4.96. The highest BCUT2D eigenvalue weighted by Crippen LogP contribution is 2.35. The maximum atomic E-state index is 5.84. The normalized spacial score (nSPS) is 18.9. The molecule has 0 amide bonds. The summed E-state index contributed by atoms with van der Waals surface area (Å²) in [7, 11) is 0. The molecule has 2 aromatic heterocycles. The zero-order chi connectivity index (χ0) is 15.5. The van der Waals surface area contributed by atoms with Gasteiger partial charge in [-0.2, -0.15) is 4.98 Å². The van der Waals surface area contributed by atoms with Crippen LogP contribution >= 0.6 is 24.8 Å². The first-order chi connectivity index (χ1) is 10.6. The molecule has 1 saturated carbocycles. The van der Waals surface area contributed by atoms with Crippen molar-refractivity contribution in [3.63, 3.8) is 0 Å². The first-order valence-electron chi connectivity index (χ1n) is 7.73. The van der Waals surface area contributed by atoms with Gasteiger partial charge in [-0.25, -0.2) is 9.97 Å². The number of aryl methyl sites for hydroxylation is 2. The monoisotopic (exact) mass is 373 g/mol. The Labute approximate surface area is 154 Å². The molecule has 0 atom stereocenters. The molecule has 3 rings (SSSR count). The van der Waals surface area contributed by atoms with Gasteiger partial charge in [0.05, 0.1) is 5.69 Å². The topological polar surface area (TPSA) is 108 Å². The summed E-state index contributed by atoms with van der Waals surface area (Å²) in [5.74, 6) is 2.58. The molecule has 1 aliphatic rings. The Balaban J connectivity index is 0.00000144. The number of nitrogens with one attached hydrogen (secondary N) is 1. The summed E-state index contributed by atoms with van der Waals surface area (Å²) >= 11 is 0. The molecule has 0 radical (unpaired) electrons. The molecule has 0 spiro atoms. The van der Waals surface area contributed by atoms with Crippen molar-refractivity contribution in [2.24, 2.45) is 5.73 Å². The van der Waals surface area contributed by atoms with E-state index in [2.05, 4.69) is 24.8 Å². The quantitative estimate of drug-likeness (QED) is 0.669.